The first kappa shape index (κ1) is 24.1. The largest absolute Gasteiger partial charge is 0.755 e. The molecule has 0 amide bonds. The molecule has 10 heteroatoms. The Morgan fingerprint density at radius 3 is 2.73 bits per heavy atom. The normalized spacial score (nSPS) is 19.5. The first-order chi connectivity index (χ1) is 15.7. The average Bonchev–Trinajstić information content (AvgIpc) is 3.06. The number of halogens is 1. The summed E-state index contributed by atoms with van der Waals surface area (Å²) < 4.78 is 36.5. The zero-order valence-electron chi connectivity index (χ0n) is 18.8. The molecule has 180 valence electrons. The van der Waals surface area contributed by atoms with Gasteiger partial charge in [-0.3, -0.25) is 9.11 Å². The Bertz CT molecular complexity index is 1010. The highest BCUT2D eigenvalue weighted by molar-refractivity contribution is 7.80. The van der Waals surface area contributed by atoms with Gasteiger partial charge in [-0.05, 0) is 38.1 Å². The third kappa shape index (κ3) is 6.30. The number of nitrogens with zero attached hydrogens (tertiary/aromatic N) is 2. The second-order valence-corrected chi connectivity index (χ2v) is 10.2. The molecule has 8 nitrogen and oxygen atoms in total. The molecule has 2 heterocycles. The Kier molecular flexibility index (Phi) is 7.35. The predicted octanol–water partition coefficient (Wildman–Crippen LogP) is 2.82. The highest BCUT2D eigenvalue weighted by Crippen LogP contribution is 2.44. The monoisotopic (exact) mass is 494 g/mol. The van der Waals surface area contributed by atoms with Crippen LogP contribution in [0.25, 0.3) is 0 Å². The number of rotatable bonds is 8. The van der Waals surface area contributed by atoms with Crippen molar-refractivity contribution in [1.29, 1.82) is 0 Å². The van der Waals surface area contributed by atoms with Gasteiger partial charge >= 0.3 is 0 Å². The molecule has 0 aliphatic carbocycles. The first-order valence-corrected chi connectivity index (χ1v) is 12.4. The van der Waals surface area contributed by atoms with Crippen LogP contribution < -0.4 is 19.1 Å². The fourth-order valence-electron chi connectivity index (χ4n) is 4.34. The van der Waals surface area contributed by atoms with Crippen LogP contribution >= 0.6 is 11.6 Å². The number of nitrogens with one attached hydrogen (secondary N) is 1. The minimum atomic E-state index is -2.44. The molecule has 2 unspecified atom stereocenters. The van der Waals surface area contributed by atoms with Crippen molar-refractivity contribution in [3.05, 3.63) is 47.0 Å². The van der Waals surface area contributed by atoms with Crippen molar-refractivity contribution < 1.29 is 23.3 Å². The van der Waals surface area contributed by atoms with E-state index in [0.29, 0.717) is 30.2 Å². The van der Waals surface area contributed by atoms with E-state index in [9.17, 15) is 13.9 Å². The van der Waals surface area contributed by atoms with Crippen LogP contribution in [-0.2, 0) is 17.7 Å². The molecular formula is C23H29ClN3O5S-. The topological polar surface area (TPSA) is 97.3 Å². The van der Waals surface area contributed by atoms with Crippen LogP contribution in [0.15, 0.2) is 36.4 Å². The summed E-state index contributed by atoms with van der Waals surface area (Å²) in [5, 5.41) is 11.3. The Morgan fingerprint density at radius 1 is 1.27 bits per heavy atom. The maximum absolute atomic E-state index is 11.1. The lowest BCUT2D eigenvalue weighted by molar-refractivity contribution is 0.0632. The number of benzene rings is 2. The van der Waals surface area contributed by atoms with Gasteiger partial charge in [0.15, 0.2) is 11.5 Å². The number of β-amino-alcohol motifs (C(OH)–C–C–N with tert-alkyl or cyclic N) is 1. The van der Waals surface area contributed by atoms with Crippen molar-refractivity contribution in [2.24, 2.45) is 0 Å². The number of aliphatic hydroxyl groups is 1. The van der Waals surface area contributed by atoms with Gasteiger partial charge in [-0.25, -0.2) is 0 Å². The van der Waals surface area contributed by atoms with Gasteiger partial charge in [0.05, 0.1) is 0 Å². The van der Waals surface area contributed by atoms with Crippen LogP contribution in [-0.4, -0.2) is 69.8 Å². The number of piperazine rings is 1. The molecule has 0 spiro atoms. The summed E-state index contributed by atoms with van der Waals surface area (Å²) in [7, 11) is 0. The molecule has 2 aliphatic heterocycles. The standard InChI is InChI=1S/C23H30ClN3O5S/c1-23(2)13-16-10-18(25-33(29)30)12-21(22(16)32-23)31-15-20(28)14-26-6-8-27(9-7-26)19-5-3-4-17(24)11-19/h3-5,10-12,20,25,28H,6-9,13-15H2,1-2H3,(H,29,30)/p-1. The minimum Gasteiger partial charge on any atom is -0.755 e. The third-order valence-electron chi connectivity index (χ3n) is 5.77. The molecule has 0 saturated carbocycles. The van der Waals surface area contributed by atoms with Gasteiger partial charge < -0.3 is 28.8 Å². The third-order valence-corrected chi connectivity index (χ3v) is 6.41. The molecule has 0 radical (unpaired) electrons. The smallest absolute Gasteiger partial charge is 0.165 e. The Hall–Kier alpha value is -2.04. The molecule has 0 aromatic heterocycles. The second-order valence-electron chi connectivity index (χ2n) is 9.07. The van der Waals surface area contributed by atoms with Crippen molar-refractivity contribution in [3.63, 3.8) is 0 Å². The fraction of sp³-hybridized carbons (Fsp3) is 0.478. The number of ether oxygens (including phenoxy) is 2. The molecule has 2 N–H and O–H groups in total. The van der Waals surface area contributed by atoms with Gasteiger partial charge in [0.2, 0.25) is 0 Å². The summed E-state index contributed by atoms with van der Waals surface area (Å²) >= 11 is 3.66. The summed E-state index contributed by atoms with van der Waals surface area (Å²) in [5.41, 5.74) is 1.98. The number of hydrogen-bond acceptors (Lipinski definition) is 7. The Morgan fingerprint density at radius 2 is 2.03 bits per heavy atom. The second kappa shape index (κ2) is 10.1. The maximum Gasteiger partial charge on any atom is 0.165 e. The number of aliphatic hydroxyl groups excluding tert-OH is 1. The van der Waals surface area contributed by atoms with Crippen LogP contribution in [0.1, 0.15) is 19.4 Å². The van der Waals surface area contributed by atoms with E-state index in [1.165, 1.54) is 0 Å². The van der Waals surface area contributed by atoms with Crippen molar-refractivity contribution in [2.45, 2.75) is 32.0 Å². The first-order valence-electron chi connectivity index (χ1n) is 10.9. The minimum absolute atomic E-state index is 0.0780. The molecule has 2 atom stereocenters. The summed E-state index contributed by atoms with van der Waals surface area (Å²) in [4.78, 5) is 4.49. The van der Waals surface area contributed by atoms with Gasteiger partial charge in [-0.2, -0.15) is 0 Å². The van der Waals surface area contributed by atoms with Crippen LogP contribution in [0.3, 0.4) is 0 Å². The van der Waals surface area contributed by atoms with E-state index in [4.69, 9.17) is 21.1 Å². The SMILES string of the molecule is CC1(C)Cc2cc(NS(=O)[O-])cc(OCC(O)CN3CCN(c4cccc(Cl)c4)CC3)c2O1. The lowest BCUT2D eigenvalue weighted by Crippen LogP contribution is -2.49. The molecular weight excluding hydrogens is 466 g/mol. The van der Waals surface area contributed by atoms with E-state index in [1.807, 2.05) is 32.0 Å². The molecule has 2 aliphatic rings. The van der Waals surface area contributed by atoms with E-state index in [-0.39, 0.29) is 6.61 Å². The van der Waals surface area contributed by atoms with Crippen LogP contribution in [0, 0.1) is 0 Å². The molecule has 2 aromatic carbocycles. The molecule has 4 rings (SSSR count). The van der Waals surface area contributed by atoms with Crippen molar-refractivity contribution >= 4 is 34.2 Å². The summed E-state index contributed by atoms with van der Waals surface area (Å²) in [6, 6.07) is 11.2. The highest BCUT2D eigenvalue weighted by atomic mass is 35.5. The van der Waals surface area contributed by atoms with E-state index in [2.05, 4.69) is 20.6 Å². The zero-order chi connectivity index (χ0) is 23.6. The van der Waals surface area contributed by atoms with Gasteiger partial charge in [-0.1, -0.05) is 17.7 Å². The van der Waals surface area contributed by atoms with E-state index < -0.39 is 23.0 Å². The van der Waals surface area contributed by atoms with Crippen molar-refractivity contribution in [1.82, 2.24) is 4.90 Å². The van der Waals surface area contributed by atoms with Gasteiger partial charge in [-0.15, -0.1) is 0 Å². The Labute approximate surface area is 201 Å². The summed E-state index contributed by atoms with van der Waals surface area (Å²) in [6.07, 6.45) is -0.0582. The number of fused-ring (bicyclic) bond motifs is 1. The van der Waals surface area contributed by atoms with E-state index >= 15 is 0 Å². The summed E-state index contributed by atoms with van der Waals surface area (Å²) in [5.74, 6) is 1.03. The maximum atomic E-state index is 11.1. The lowest BCUT2D eigenvalue weighted by Gasteiger charge is -2.37. The van der Waals surface area contributed by atoms with Crippen LogP contribution in [0.4, 0.5) is 11.4 Å². The quantitative estimate of drug-likeness (QED) is 0.544. The zero-order valence-corrected chi connectivity index (χ0v) is 20.3. The Balaban J connectivity index is 1.32. The van der Waals surface area contributed by atoms with E-state index in [0.717, 1.165) is 42.5 Å². The average molecular weight is 495 g/mol. The predicted molar refractivity (Wildman–Crippen MR) is 129 cm³/mol. The van der Waals surface area contributed by atoms with Gasteiger partial charge in [0.25, 0.3) is 0 Å². The molecule has 0 bridgehead atoms. The lowest BCUT2D eigenvalue weighted by atomic mass is 10.0. The van der Waals surface area contributed by atoms with Crippen LogP contribution in [0.2, 0.25) is 5.02 Å². The molecule has 2 aromatic rings. The van der Waals surface area contributed by atoms with Gasteiger partial charge in [0.1, 0.15) is 18.3 Å². The molecule has 1 saturated heterocycles. The fourth-order valence-corrected chi connectivity index (χ4v) is 4.83. The molecule has 33 heavy (non-hydrogen) atoms. The van der Waals surface area contributed by atoms with E-state index in [1.54, 1.807) is 12.1 Å². The summed E-state index contributed by atoms with van der Waals surface area (Å²) in [6.45, 7) is 7.85. The number of anilines is 2. The van der Waals surface area contributed by atoms with Crippen molar-refractivity contribution in [3.8, 4) is 11.5 Å². The van der Waals surface area contributed by atoms with Crippen molar-refractivity contribution in [2.75, 3.05) is 49.0 Å². The molecule has 1 fully saturated rings. The number of hydrogen-bond donors (Lipinski definition) is 2. The highest BCUT2D eigenvalue weighted by Gasteiger charge is 2.33. The van der Waals surface area contributed by atoms with Gasteiger partial charge in [0, 0.05) is 78.4 Å². The van der Waals surface area contributed by atoms with Crippen LogP contribution in [0.5, 0.6) is 11.5 Å².